The zero-order valence-electron chi connectivity index (χ0n) is 10.4. The fourth-order valence-electron chi connectivity index (χ4n) is 2.67. The van der Waals surface area contributed by atoms with E-state index in [1.54, 1.807) is 0 Å². The summed E-state index contributed by atoms with van der Waals surface area (Å²) in [6.07, 6.45) is 6.94. The van der Waals surface area contributed by atoms with Crippen LogP contribution in [0.5, 0.6) is 0 Å². The number of dihydropyridines is 1. The summed E-state index contributed by atoms with van der Waals surface area (Å²) in [5.41, 5.74) is 3.26. The third-order valence-electron chi connectivity index (χ3n) is 3.71. The molecule has 0 aromatic heterocycles. The van der Waals surface area contributed by atoms with Crippen LogP contribution in [-0.2, 0) is 6.42 Å². The molecule has 3 heteroatoms. The van der Waals surface area contributed by atoms with Crippen molar-refractivity contribution in [3.63, 3.8) is 0 Å². The van der Waals surface area contributed by atoms with Gasteiger partial charge in [0.15, 0.2) is 0 Å². The molecule has 2 aliphatic rings. The molecule has 0 bridgehead atoms. The number of hydrogen-bond donors (Lipinski definition) is 1. The van der Waals surface area contributed by atoms with E-state index in [0.717, 1.165) is 24.1 Å². The van der Waals surface area contributed by atoms with Crippen molar-refractivity contribution >= 4 is 5.91 Å². The van der Waals surface area contributed by atoms with Crippen LogP contribution in [0.25, 0.3) is 0 Å². The number of benzene rings is 1. The van der Waals surface area contributed by atoms with Gasteiger partial charge in [0.05, 0.1) is 6.04 Å². The van der Waals surface area contributed by atoms with Crippen molar-refractivity contribution in [2.45, 2.75) is 12.5 Å². The van der Waals surface area contributed by atoms with Gasteiger partial charge in [-0.3, -0.25) is 4.79 Å². The highest BCUT2D eigenvalue weighted by molar-refractivity contribution is 5.97. The van der Waals surface area contributed by atoms with Crippen LogP contribution in [0.3, 0.4) is 0 Å². The highest BCUT2D eigenvalue weighted by Gasteiger charge is 2.31. The van der Waals surface area contributed by atoms with Gasteiger partial charge in [0.25, 0.3) is 5.91 Å². The third-order valence-corrected chi connectivity index (χ3v) is 3.71. The molecule has 1 N–H and O–H groups in total. The summed E-state index contributed by atoms with van der Waals surface area (Å²) in [6.45, 7) is 0.820. The maximum absolute atomic E-state index is 12.3. The second-order valence-corrected chi connectivity index (χ2v) is 4.77. The normalized spacial score (nSPS) is 22.3. The van der Waals surface area contributed by atoms with E-state index in [9.17, 15) is 4.79 Å². The summed E-state index contributed by atoms with van der Waals surface area (Å²) in [4.78, 5) is 14.2. The highest BCUT2D eigenvalue weighted by atomic mass is 16.2. The van der Waals surface area contributed by atoms with Crippen molar-refractivity contribution in [3.05, 3.63) is 59.3 Å². The minimum Gasteiger partial charge on any atom is -0.387 e. The molecular weight excluding hydrogens is 224 g/mol. The topological polar surface area (TPSA) is 32.3 Å². The van der Waals surface area contributed by atoms with E-state index in [-0.39, 0.29) is 11.9 Å². The molecule has 3 rings (SSSR count). The van der Waals surface area contributed by atoms with Crippen LogP contribution >= 0.6 is 0 Å². The Labute approximate surface area is 107 Å². The summed E-state index contributed by atoms with van der Waals surface area (Å²) in [5.74, 6) is 0.123. The predicted octanol–water partition coefficient (Wildman–Crippen LogP) is 1.73. The predicted molar refractivity (Wildman–Crippen MR) is 71.3 cm³/mol. The Morgan fingerprint density at radius 1 is 1.33 bits per heavy atom. The third kappa shape index (κ3) is 1.72. The molecule has 0 radical (unpaired) electrons. The number of hydrogen-bond acceptors (Lipinski definition) is 2. The van der Waals surface area contributed by atoms with E-state index in [4.69, 9.17) is 0 Å². The maximum Gasteiger partial charge on any atom is 0.254 e. The van der Waals surface area contributed by atoms with Crippen LogP contribution in [0.4, 0.5) is 0 Å². The second kappa shape index (κ2) is 4.33. The van der Waals surface area contributed by atoms with Gasteiger partial charge in [-0.1, -0.05) is 24.3 Å². The van der Waals surface area contributed by atoms with Gasteiger partial charge < -0.3 is 10.2 Å². The lowest BCUT2D eigenvalue weighted by atomic mass is 9.89. The van der Waals surface area contributed by atoms with Crippen LogP contribution < -0.4 is 5.32 Å². The molecule has 18 heavy (non-hydrogen) atoms. The SMILES string of the molecule is CN1C(=O)c2ccccc2CC1C1=CC=CNC1. The van der Waals surface area contributed by atoms with Crippen molar-refractivity contribution in [1.82, 2.24) is 10.2 Å². The van der Waals surface area contributed by atoms with Crippen LogP contribution in [0, 0.1) is 0 Å². The molecule has 2 heterocycles. The van der Waals surface area contributed by atoms with Crippen LogP contribution in [0.15, 0.2) is 48.2 Å². The lowest BCUT2D eigenvalue weighted by molar-refractivity contribution is 0.0731. The number of likely N-dealkylation sites (N-methyl/N-ethyl adjacent to an activating group) is 1. The standard InChI is InChI=1S/C15H16N2O/c1-17-14(12-6-4-8-16-10-12)9-11-5-2-3-7-13(11)15(17)18/h2-8,14,16H,9-10H2,1H3. The largest absolute Gasteiger partial charge is 0.387 e. The Morgan fingerprint density at radius 2 is 2.17 bits per heavy atom. The monoisotopic (exact) mass is 240 g/mol. The zero-order chi connectivity index (χ0) is 12.5. The number of nitrogens with one attached hydrogen (secondary N) is 1. The molecule has 0 fully saturated rings. The Kier molecular flexibility index (Phi) is 2.67. The number of rotatable bonds is 1. The summed E-state index contributed by atoms with van der Waals surface area (Å²) < 4.78 is 0. The molecule has 0 saturated carbocycles. The fourth-order valence-corrected chi connectivity index (χ4v) is 2.67. The molecular formula is C15H16N2O. The van der Waals surface area contributed by atoms with Crippen molar-refractivity contribution < 1.29 is 4.79 Å². The molecule has 0 spiro atoms. The van der Waals surface area contributed by atoms with Gasteiger partial charge >= 0.3 is 0 Å². The quantitative estimate of drug-likeness (QED) is 0.810. The number of carbonyl (C=O) groups excluding carboxylic acids is 1. The molecule has 1 amide bonds. The van der Waals surface area contributed by atoms with E-state index in [0.29, 0.717) is 0 Å². The molecule has 1 unspecified atom stereocenters. The first-order chi connectivity index (χ1) is 8.77. The average molecular weight is 240 g/mol. The van der Waals surface area contributed by atoms with Gasteiger partial charge in [-0.25, -0.2) is 0 Å². The van der Waals surface area contributed by atoms with Gasteiger partial charge in [0.1, 0.15) is 0 Å². The Balaban J connectivity index is 1.98. The van der Waals surface area contributed by atoms with Crippen molar-refractivity contribution in [2.75, 3.05) is 13.6 Å². The molecule has 0 saturated heterocycles. The molecule has 1 aromatic carbocycles. The lowest BCUT2D eigenvalue weighted by Gasteiger charge is -2.36. The minimum atomic E-state index is 0.123. The van der Waals surface area contributed by atoms with Gasteiger partial charge in [-0.05, 0) is 35.9 Å². The summed E-state index contributed by atoms with van der Waals surface area (Å²) in [6, 6.07) is 8.07. The minimum absolute atomic E-state index is 0.123. The molecule has 1 atom stereocenters. The summed E-state index contributed by atoms with van der Waals surface area (Å²) >= 11 is 0. The maximum atomic E-state index is 12.3. The van der Waals surface area contributed by atoms with Gasteiger partial charge in [-0.2, -0.15) is 0 Å². The smallest absolute Gasteiger partial charge is 0.254 e. The van der Waals surface area contributed by atoms with Gasteiger partial charge in [-0.15, -0.1) is 0 Å². The first-order valence-corrected chi connectivity index (χ1v) is 6.21. The first kappa shape index (κ1) is 11.1. The number of fused-ring (bicyclic) bond motifs is 1. The molecule has 92 valence electrons. The number of allylic oxidation sites excluding steroid dienone is 2. The summed E-state index contributed by atoms with van der Waals surface area (Å²) in [7, 11) is 1.89. The molecule has 2 aliphatic heterocycles. The highest BCUT2D eigenvalue weighted by Crippen LogP contribution is 2.26. The van der Waals surface area contributed by atoms with Crippen molar-refractivity contribution in [3.8, 4) is 0 Å². The van der Waals surface area contributed by atoms with E-state index >= 15 is 0 Å². The molecule has 3 nitrogen and oxygen atoms in total. The second-order valence-electron chi connectivity index (χ2n) is 4.77. The van der Waals surface area contributed by atoms with Gasteiger partial charge in [0, 0.05) is 19.2 Å². The van der Waals surface area contributed by atoms with Crippen molar-refractivity contribution in [2.24, 2.45) is 0 Å². The van der Waals surface area contributed by atoms with Crippen molar-refractivity contribution in [1.29, 1.82) is 0 Å². The molecule has 1 aromatic rings. The average Bonchev–Trinajstić information content (AvgIpc) is 2.44. The van der Waals surface area contributed by atoms with E-state index in [2.05, 4.69) is 17.5 Å². The van der Waals surface area contributed by atoms with Crippen LogP contribution in [0.1, 0.15) is 15.9 Å². The number of carbonyl (C=O) groups is 1. The number of nitrogens with zero attached hydrogens (tertiary/aromatic N) is 1. The van der Waals surface area contributed by atoms with E-state index < -0.39 is 0 Å². The number of amides is 1. The Bertz CT molecular complexity index is 545. The Hall–Kier alpha value is -2.03. The van der Waals surface area contributed by atoms with Crippen LogP contribution in [0.2, 0.25) is 0 Å². The zero-order valence-corrected chi connectivity index (χ0v) is 10.4. The first-order valence-electron chi connectivity index (χ1n) is 6.21. The fraction of sp³-hybridized carbons (Fsp3) is 0.267. The van der Waals surface area contributed by atoms with Crippen LogP contribution in [-0.4, -0.2) is 30.4 Å². The van der Waals surface area contributed by atoms with E-state index in [1.807, 2.05) is 42.4 Å². The van der Waals surface area contributed by atoms with Gasteiger partial charge in [0.2, 0.25) is 0 Å². The van der Waals surface area contributed by atoms with E-state index in [1.165, 1.54) is 5.57 Å². The lowest BCUT2D eigenvalue weighted by Crippen LogP contribution is -2.45. The Morgan fingerprint density at radius 3 is 2.94 bits per heavy atom. The molecule has 0 aliphatic carbocycles. The summed E-state index contributed by atoms with van der Waals surface area (Å²) in [5, 5.41) is 3.20.